The van der Waals surface area contributed by atoms with Crippen molar-refractivity contribution in [3.05, 3.63) is 59.7 Å². The summed E-state index contributed by atoms with van der Waals surface area (Å²) in [4.78, 5) is 1.68. The molecule has 138 valence electrons. The van der Waals surface area contributed by atoms with Gasteiger partial charge in [-0.25, -0.2) is 0 Å². The Morgan fingerprint density at radius 2 is 2.08 bits per heavy atom. The molecule has 2 heterocycles. The average Bonchev–Trinajstić information content (AvgIpc) is 3.19. The number of nitrogens with zero attached hydrogens (tertiary/aromatic N) is 1. The van der Waals surface area contributed by atoms with Crippen molar-refractivity contribution in [2.45, 2.75) is 19.3 Å². The maximum absolute atomic E-state index is 7.87. The molecule has 1 aliphatic heterocycles. The molecule has 1 fully saturated rings. The predicted molar refractivity (Wildman–Crippen MR) is 102 cm³/mol. The topological polar surface area (TPSA) is 138 Å². The Labute approximate surface area is 173 Å². The van der Waals surface area contributed by atoms with E-state index in [9.17, 15) is 0 Å². The van der Waals surface area contributed by atoms with Crippen LogP contribution < -0.4 is 5.73 Å². The molecule has 0 amide bonds. The summed E-state index contributed by atoms with van der Waals surface area (Å²) in [5.41, 5.74) is 13.8. The van der Waals surface area contributed by atoms with Crippen molar-refractivity contribution in [2.24, 2.45) is 0 Å². The quantitative estimate of drug-likeness (QED) is 0.162. The van der Waals surface area contributed by atoms with Crippen LogP contribution in [0.2, 0.25) is 0 Å². The Morgan fingerprint density at radius 3 is 2.58 bits per heavy atom. The van der Waals surface area contributed by atoms with Gasteiger partial charge in [0.05, 0.1) is 18.9 Å². The minimum atomic E-state index is 0. The summed E-state index contributed by atoms with van der Waals surface area (Å²) >= 11 is 0. The molecule has 1 saturated heterocycles. The van der Waals surface area contributed by atoms with E-state index in [2.05, 4.69) is 6.07 Å². The van der Waals surface area contributed by atoms with Crippen LogP contribution in [0, 0.1) is 22.3 Å². The summed E-state index contributed by atoms with van der Waals surface area (Å²) < 4.78 is 4.91. The number of hydrogen-bond donors (Lipinski definition) is 4. The van der Waals surface area contributed by atoms with Crippen molar-refractivity contribution >= 4 is 23.6 Å². The summed E-state index contributed by atoms with van der Waals surface area (Å²) in [7, 11) is 1.25. The first kappa shape index (κ1) is 23.9. The zero-order valence-electron chi connectivity index (χ0n) is 14.8. The van der Waals surface area contributed by atoms with Crippen LogP contribution in [0.3, 0.4) is 0 Å². The SMILES string of the molecule is C[NH-].N=C(c1ccoc1)c1c[c-]ccc1N.N=CN1CCCCC1=N.[Hf]. The van der Waals surface area contributed by atoms with Gasteiger partial charge in [-0.05, 0) is 18.9 Å². The molecule has 0 bridgehead atoms. The second kappa shape index (κ2) is 13.2. The number of nitrogen functional groups attached to an aromatic ring is 1. The number of nitrogens with two attached hydrogens (primary N) is 1. The number of likely N-dealkylation sites (tertiary alicyclic amines) is 1. The second-order valence-electron chi connectivity index (χ2n) is 5.13. The normalized spacial score (nSPS) is 12.5. The van der Waals surface area contributed by atoms with Gasteiger partial charge in [0.15, 0.2) is 0 Å². The van der Waals surface area contributed by atoms with Crippen LogP contribution >= 0.6 is 0 Å². The van der Waals surface area contributed by atoms with E-state index in [1.165, 1.54) is 25.9 Å². The van der Waals surface area contributed by atoms with Crippen LogP contribution in [0.4, 0.5) is 5.69 Å². The number of furan rings is 1. The molecule has 0 atom stereocenters. The van der Waals surface area contributed by atoms with Crippen molar-refractivity contribution < 1.29 is 30.3 Å². The third kappa shape index (κ3) is 7.05. The maximum atomic E-state index is 7.87. The van der Waals surface area contributed by atoms with Crippen molar-refractivity contribution in [2.75, 3.05) is 19.3 Å². The molecular formula is C18H24HfN6O-2. The second-order valence-corrected chi connectivity index (χ2v) is 5.13. The van der Waals surface area contributed by atoms with Crippen LogP contribution in [0.5, 0.6) is 0 Å². The van der Waals surface area contributed by atoms with Crippen LogP contribution in [0.1, 0.15) is 30.4 Å². The summed E-state index contributed by atoms with van der Waals surface area (Å²) in [6.07, 6.45) is 7.37. The average molecular weight is 519 g/mol. The first-order valence-electron chi connectivity index (χ1n) is 7.85. The molecule has 0 spiro atoms. The number of piperidine rings is 1. The first-order valence-corrected chi connectivity index (χ1v) is 7.85. The molecule has 8 heteroatoms. The van der Waals surface area contributed by atoms with E-state index in [0.717, 1.165) is 31.4 Å². The van der Waals surface area contributed by atoms with Crippen molar-refractivity contribution in [3.8, 4) is 0 Å². The van der Waals surface area contributed by atoms with Gasteiger partial charge in [0, 0.05) is 50.1 Å². The molecule has 0 radical (unpaired) electrons. The van der Waals surface area contributed by atoms with Crippen molar-refractivity contribution in [1.29, 1.82) is 16.2 Å². The van der Waals surface area contributed by atoms with Gasteiger partial charge in [-0.3, -0.25) is 10.8 Å². The largest absolute Gasteiger partial charge is 0.680 e. The van der Waals surface area contributed by atoms with E-state index in [0.29, 0.717) is 22.8 Å². The zero-order valence-corrected chi connectivity index (χ0v) is 18.4. The minimum absolute atomic E-state index is 0. The van der Waals surface area contributed by atoms with Gasteiger partial charge in [0.1, 0.15) is 5.84 Å². The Hall–Kier alpha value is -2.06. The van der Waals surface area contributed by atoms with E-state index in [1.807, 2.05) is 0 Å². The molecule has 6 N–H and O–H groups in total. The summed E-state index contributed by atoms with van der Waals surface area (Å²) in [6, 6.07) is 9.77. The van der Waals surface area contributed by atoms with Gasteiger partial charge in [-0.15, -0.1) is 6.07 Å². The van der Waals surface area contributed by atoms with Gasteiger partial charge < -0.3 is 26.2 Å². The van der Waals surface area contributed by atoms with Gasteiger partial charge in [0.25, 0.3) is 0 Å². The standard InChI is InChI=1S/C11H9N2O.C6H11N3.CH4N.Hf/c12-10-4-2-1-3-9(10)11(13)8-5-6-14-7-8;7-5-9-4-2-1-3-6(9)8;1-2;/h2-7,13H,12H2;5,7-8H,1-4H2;2H,1H3;/q-1;;-1;. The minimum Gasteiger partial charge on any atom is -0.680 e. The van der Waals surface area contributed by atoms with Crippen LogP contribution in [-0.2, 0) is 25.8 Å². The number of amidine groups is 1. The number of rotatable bonds is 3. The van der Waals surface area contributed by atoms with E-state index in [4.69, 9.17) is 32.1 Å². The van der Waals surface area contributed by atoms with Crippen molar-refractivity contribution in [1.82, 2.24) is 4.90 Å². The van der Waals surface area contributed by atoms with E-state index < -0.39 is 0 Å². The number of nitrogens with one attached hydrogen (secondary N) is 4. The third-order valence-electron chi connectivity index (χ3n) is 3.54. The Morgan fingerprint density at radius 1 is 1.35 bits per heavy atom. The van der Waals surface area contributed by atoms with E-state index >= 15 is 0 Å². The van der Waals surface area contributed by atoms with Gasteiger partial charge >= 0.3 is 0 Å². The van der Waals surface area contributed by atoms with Gasteiger partial charge in [-0.2, -0.15) is 25.2 Å². The fourth-order valence-electron chi connectivity index (χ4n) is 2.22. The summed E-state index contributed by atoms with van der Waals surface area (Å²) in [5.74, 6) is 0.594. The molecule has 3 rings (SSSR count). The number of hydrogen-bond acceptors (Lipinski definition) is 5. The molecule has 0 unspecified atom stereocenters. The smallest absolute Gasteiger partial charge is 0.101 e. The zero-order chi connectivity index (χ0) is 18.7. The number of benzene rings is 1. The van der Waals surface area contributed by atoms with Crippen LogP contribution in [0.25, 0.3) is 5.73 Å². The summed E-state index contributed by atoms with van der Waals surface area (Å²) in [6.45, 7) is 0.863. The Kier molecular flexibility index (Phi) is 12.1. The molecule has 0 aliphatic carbocycles. The Bertz CT molecular complexity index is 687. The molecule has 0 saturated carbocycles. The molecule has 26 heavy (non-hydrogen) atoms. The maximum Gasteiger partial charge on any atom is 0.101 e. The Balaban J connectivity index is 0.000000455. The third-order valence-corrected chi connectivity index (χ3v) is 3.54. The van der Waals surface area contributed by atoms with Gasteiger partial charge in [0.2, 0.25) is 0 Å². The monoisotopic (exact) mass is 520 g/mol. The molecule has 2 aromatic rings. The van der Waals surface area contributed by atoms with E-state index in [1.54, 1.807) is 29.2 Å². The molecule has 1 aromatic heterocycles. The van der Waals surface area contributed by atoms with Gasteiger partial charge in [-0.1, -0.05) is 11.3 Å². The summed E-state index contributed by atoms with van der Waals surface area (Å²) in [5, 5.41) is 22.1. The van der Waals surface area contributed by atoms with Crippen molar-refractivity contribution in [3.63, 3.8) is 0 Å². The molecule has 7 nitrogen and oxygen atoms in total. The predicted octanol–water partition coefficient (Wildman–Crippen LogP) is 3.80. The fourth-order valence-corrected chi connectivity index (χ4v) is 2.22. The molecule has 1 aliphatic rings. The van der Waals surface area contributed by atoms with Crippen LogP contribution in [0.15, 0.2) is 41.2 Å². The molecule has 1 aromatic carbocycles. The fraction of sp³-hybridized carbons (Fsp3) is 0.278. The molecular weight excluding hydrogens is 495 g/mol. The first-order chi connectivity index (χ1) is 12.1. The van der Waals surface area contributed by atoms with E-state index in [-0.39, 0.29) is 25.8 Å². The number of anilines is 1. The van der Waals surface area contributed by atoms with Crippen LogP contribution in [-0.4, -0.2) is 36.4 Å².